The summed E-state index contributed by atoms with van der Waals surface area (Å²) in [7, 11) is 3.48. The maximum Gasteiger partial charge on any atom is 0.230 e. The van der Waals surface area contributed by atoms with Crippen LogP contribution < -0.4 is 16.0 Å². The number of aliphatic imine (C=N–C) groups is 1. The van der Waals surface area contributed by atoms with Crippen molar-refractivity contribution in [2.45, 2.75) is 0 Å². The smallest absolute Gasteiger partial charge is 0.230 e. The van der Waals surface area contributed by atoms with Gasteiger partial charge in [-0.05, 0) is 28.1 Å². The van der Waals surface area contributed by atoms with Gasteiger partial charge in [-0.1, -0.05) is 0 Å². The van der Waals surface area contributed by atoms with Crippen LogP contribution in [0.25, 0.3) is 0 Å². The highest BCUT2D eigenvalue weighted by Gasteiger charge is 2.12. The number of aromatic nitrogens is 2. The third kappa shape index (κ3) is 4.47. The lowest BCUT2D eigenvalue weighted by atomic mass is 10.5. The fraction of sp³-hybridized carbons (Fsp3) is 0.167. The van der Waals surface area contributed by atoms with E-state index in [1.807, 2.05) is 0 Å². The Morgan fingerprint density at radius 2 is 2.15 bits per heavy atom. The van der Waals surface area contributed by atoms with Crippen LogP contribution in [0.2, 0.25) is 0 Å². The fourth-order valence-electron chi connectivity index (χ4n) is 1.24. The van der Waals surface area contributed by atoms with Gasteiger partial charge in [0.15, 0.2) is 5.82 Å². The van der Waals surface area contributed by atoms with Crippen molar-refractivity contribution in [1.82, 2.24) is 9.97 Å². The van der Waals surface area contributed by atoms with Crippen LogP contribution in [-0.4, -0.2) is 36.5 Å². The van der Waals surface area contributed by atoms with Crippen LogP contribution in [0.3, 0.4) is 0 Å². The van der Waals surface area contributed by atoms with Gasteiger partial charge in [0.25, 0.3) is 0 Å². The van der Waals surface area contributed by atoms with Gasteiger partial charge in [-0.3, -0.25) is 4.99 Å². The predicted molar refractivity (Wildman–Crippen MR) is 87.6 cm³/mol. The molecular weight excluding hydrogens is 322 g/mol. The highest BCUT2D eigenvalue weighted by Crippen LogP contribution is 2.29. The highest BCUT2D eigenvalue weighted by atomic mass is 79.9. The zero-order valence-corrected chi connectivity index (χ0v) is 12.8. The molecule has 0 aliphatic carbocycles. The number of nitrogens with two attached hydrogens (primary N) is 1. The maximum atomic E-state index is 6.99. The summed E-state index contributed by atoms with van der Waals surface area (Å²) < 4.78 is 0.597. The van der Waals surface area contributed by atoms with Gasteiger partial charge in [-0.2, -0.15) is 9.97 Å². The Labute approximate surface area is 126 Å². The molecule has 106 valence electrons. The van der Waals surface area contributed by atoms with Gasteiger partial charge in [-0.25, -0.2) is 0 Å². The lowest BCUT2D eigenvalue weighted by molar-refractivity contribution is 1.07. The molecule has 0 aliphatic rings. The number of nitrogen functional groups attached to an aromatic ring is 1. The molecule has 1 aromatic rings. The second-order valence-corrected chi connectivity index (χ2v) is 4.39. The molecule has 1 aromatic heterocycles. The van der Waals surface area contributed by atoms with Crippen molar-refractivity contribution >= 4 is 45.9 Å². The van der Waals surface area contributed by atoms with Crippen LogP contribution in [0.4, 0.5) is 17.6 Å². The van der Waals surface area contributed by atoms with E-state index in [0.29, 0.717) is 22.1 Å². The molecule has 0 aromatic carbocycles. The summed E-state index contributed by atoms with van der Waals surface area (Å²) in [6.45, 7) is 0. The summed E-state index contributed by atoms with van der Waals surface area (Å²) in [6.07, 6.45) is 9.47. The summed E-state index contributed by atoms with van der Waals surface area (Å²) >= 11 is 3.35. The standard InChI is InChI=1S/C12H16BrN7/c1-16-6-4-7-17-12-18-10(15)9(13)11(19-12)20(2)8-3-5-14/h3-8,14H,1-2H3,(H3,15,17,18,19)/b7-4-,8-3-,14-5?,16-6-. The zero-order valence-electron chi connectivity index (χ0n) is 11.2. The molecule has 0 atom stereocenters. The average molecular weight is 338 g/mol. The van der Waals surface area contributed by atoms with Crippen LogP contribution in [-0.2, 0) is 0 Å². The number of hydrogen-bond acceptors (Lipinski definition) is 7. The SMILES string of the molecule is C/N=C\C=C/Nc1nc(N)c(Br)c(N(C)/C=C\C=N)n1. The monoisotopic (exact) mass is 337 g/mol. The van der Waals surface area contributed by atoms with Gasteiger partial charge in [0.2, 0.25) is 5.95 Å². The van der Waals surface area contributed by atoms with E-state index >= 15 is 0 Å². The average Bonchev–Trinajstić information content (AvgIpc) is 2.44. The number of allylic oxidation sites excluding steroid dienone is 2. The van der Waals surface area contributed by atoms with Crippen molar-refractivity contribution in [3.05, 3.63) is 29.0 Å². The van der Waals surface area contributed by atoms with E-state index in [4.69, 9.17) is 11.1 Å². The second-order valence-electron chi connectivity index (χ2n) is 3.60. The minimum Gasteiger partial charge on any atom is -0.383 e. The molecule has 0 fully saturated rings. The molecular formula is C12H16BrN7. The van der Waals surface area contributed by atoms with Gasteiger partial charge in [-0.15, -0.1) is 0 Å². The minimum absolute atomic E-state index is 0.324. The number of anilines is 3. The normalized spacial score (nSPS) is 11.6. The van der Waals surface area contributed by atoms with Crippen molar-refractivity contribution in [2.24, 2.45) is 4.99 Å². The molecule has 1 heterocycles. The van der Waals surface area contributed by atoms with Crippen LogP contribution in [0.5, 0.6) is 0 Å². The summed E-state index contributed by atoms with van der Waals surface area (Å²) in [5.41, 5.74) is 5.83. The molecule has 0 amide bonds. The van der Waals surface area contributed by atoms with E-state index in [1.165, 1.54) is 6.21 Å². The Kier molecular flexibility index (Phi) is 6.38. The largest absolute Gasteiger partial charge is 0.383 e. The zero-order chi connectivity index (χ0) is 15.0. The lowest BCUT2D eigenvalue weighted by Gasteiger charge is -2.16. The quantitative estimate of drug-likeness (QED) is 0.689. The molecule has 0 radical (unpaired) electrons. The first-order valence-corrected chi connectivity index (χ1v) is 6.46. The van der Waals surface area contributed by atoms with E-state index in [2.05, 4.69) is 36.2 Å². The van der Waals surface area contributed by atoms with E-state index in [0.717, 1.165) is 0 Å². The van der Waals surface area contributed by atoms with Crippen molar-refractivity contribution < 1.29 is 0 Å². The van der Waals surface area contributed by atoms with Crippen molar-refractivity contribution in [2.75, 3.05) is 30.0 Å². The summed E-state index contributed by atoms with van der Waals surface area (Å²) in [5.74, 6) is 1.29. The van der Waals surface area contributed by atoms with Crippen LogP contribution in [0.1, 0.15) is 0 Å². The lowest BCUT2D eigenvalue weighted by Crippen LogP contribution is -2.13. The van der Waals surface area contributed by atoms with Gasteiger partial charge >= 0.3 is 0 Å². The molecule has 0 aliphatic heterocycles. The molecule has 1 rings (SSSR count). The molecule has 0 unspecified atom stereocenters. The van der Waals surface area contributed by atoms with Gasteiger partial charge in [0, 0.05) is 38.9 Å². The van der Waals surface area contributed by atoms with Crippen LogP contribution >= 0.6 is 15.9 Å². The highest BCUT2D eigenvalue weighted by molar-refractivity contribution is 9.10. The van der Waals surface area contributed by atoms with Crippen LogP contribution in [0, 0.1) is 5.41 Å². The topological polar surface area (TPSA) is 103 Å². The molecule has 0 bridgehead atoms. The molecule has 0 spiro atoms. The fourth-order valence-corrected chi connectivity index (χ4v) is 1.70. The Morgan fingerprint density at radius 1 is 1.40 bits per heavy atom. The predicted octanol–water partition coefficient (Wildman–Crippen LogP) is 2.05. The third-order valence-electron chi connectivity index (χ3n) is 2.14. The van der Waals surface area contributed by atoms with E-state index < -0.39 is 0 Å². The summed E-state index contributed by atoms with van der Waals surface area (Å²) in [5, 5.41) is 9.89. The summed E-state index contributed by atoms with van der Waals surface area (Å²) in [6, 6.07) is 0. The minimum atomic E-state index is 0.324. The Balaban J connectivity index is 3.02. The first-order valence-electron chi connectivity index (χ1n) is 5.67. The Hall–Kier alpha value is -2.22. The molecule has 20 heavy (non-hydrogen) atoms. The van der Waals surface area contributed by atoms with E-state index in [1.54, 1.807) is 49.8 Å². The van der Waals surface area contributed by atoms with Gasteiger partial charge < -0.3 is 21.4 Å². The van der Waals surface area contributed by atoms with Crippen molar-refractivity contribution in [3.63, 3.8) is 0 Å². The molecule has 0 saturated heterocycles. The number of halogens is 1. The number of rotatable bonds is 6. The third-order valence-corrected chi connectivity index (χ3v) is 2.90. The van der Waals surface area contributed by atoms with Crippen molar-refractivity contribution in [1.29, 1.82) is 5.41 Å². The Bertz CT molecular complexity index is 551. The maximum absolute atomic E-state index is 6.99. The Morgan fingerprint density at radius 3 is 2.80 bits per heavy atom. The molecule has 0 saturated carbocycles. The van der Waals surface area contributed by atoms with E-state index in [-0.39, 0.29) is 0 Å². The van der Waals surface area contributed by atoms with Gasteiger partial charge in [0.1, 0.15) is 10.3 Å². The number of nitrogens with zero attached hydrogens (tertiary/aromatic N) is 4. The van der Waals surface area contributed by atoms with Gasteiger partial charge in [0.05, 0.1) is 0 Å². The number of hydrogen-bond donors (Lipinski definition) is 3. The molecule has 4 N–H and O–H groups in total. The van der Waals surface area contributed by atoms with Crippen LogP contribution in [0.15, 0.2) is 34.0 Å². The van der Waals surface area contributed by atoms with E-state index in [9.17, 15) is 0 Å². The second kappa shape index (κ2) is 8.05. The molecule has 8 heteroatoms. The molecule has 7 nitrogen and oxygen atoms in total. The van der Waals surface area contributed by atoms with Crippen molar-refractivity contribution in [3.8, 4) is 0 Å². The summed E-state index contributed by atoms with van der Waals surface area (Å²) in [4.78, 5) is 14.0. The first kappa shape index (κ1) is 15.8. The first-order chi connectivity index (χ1) is 9.60. The number of nitrogens with one attached hydrogen (secondary N) is 2.